The summed E-state index contributed by atoms with van der Waals surface area (Å²) in [6, 6.07) is 4.26. The Morgan fingerprint density at radius 3 is 2.62 bits per heavy atom. The maximum atomic E-state index is 5.79. The second kappa shape index (κ2) is 11.0. The van der Waals surface area contributed by atoms with Crippen LogP contribution in [0, 0.1) is 5.92 Å². The summed E-state index contributed by atoms with van der Waals surface area (Å²) < 4.78 is 5.79. The quantitative estimate of drug-likeness (QED) is 0.523. The summed E-state index contributed by atoms with van der Waals surface area (Å²) in [5.74, 6) is 2.42. The van der Waals surface area contributed by atoms with Crippen molar-refractivity contribution in [3.05, 3.63) is 23.9 Å². The maximum absolute atomic E-state index is 5.79. The highest BCUT2D eigenvalue weighted by Crippen LogP contribution is 2.17. The molecule has 26 heavy (non-hydrogen) atoms. The van der Waals surface area contributed by atoms with Crippen LogP contribution in [0.25, 0.3) is 0 Å². The topological polar surface area (TPSA) is 61.8 Å². The van der Waals surface area contributed by atoms with Crippen molar-refractivity contribution in [3.63, 3.8) is 0 Å². The number of nitrogens with zero attached hydrogens (tertiary/aromatic N) is 3. The number of anilines is 1. The van der Waals surface area contributed by atoms with Crippen LogP contribution in [-0.4, -0.2) is 50.3 Å². The van der Waals surface area contributed by atoms with Crippen molar-refractivity contribution in [2.24, 2.45) is 10.9 Å². The molecule has 0 bridgehead atoms. The second-order valence-electron chi connectivity index (χ2n) is 7.10. The normalized spacial score (nSPS) is 16.2. The van der Waals surface area contributed by atoms with Gasteiger partial charge in [-0.25, -0.2) is 4.98 Å². The zero-order valence-electron chi connectivity index (χ0n) is 16.8. The van der Waals surface area contributed by atoms with Crippen LogP contribution < -0.4 is 15.5 Å². The molecule has 0 aliphatic carbocycles. The van der Waals surface area contributed by atoms with Gasteiger partial charge in [-0.1, -0.05) is 19.9 Å². The Hall–Kier alpha value is -1.82. The average Bonchev–Trinajstić information content (AvgIpc) is 3.18. The van der Waals surface area contributed by atoms with Gasteiger partial charge in [0.15, 0.2) is 5.96 Å². The van der Waals surface area contributed by atoms with Gasteiger partial charge in [0.1, 0.15) is 5.82 Å². The lowest BCUT2D eigenvalue weighted by Gasteiger charge is -2.21. The van der Waals surface area contributed by atoms with E-state index < -0.39 is 0 Å². The van der Waals surface area contributed by atoms with Gasteiger partial charge >= 0.3 is 0 Å². The van der Waals surface area contributed by atoms with Crippen LogP contribution in [0.1, 0.15) is 45.6 Å². The Morgan fingerprint density at radius 2 is 2.04 bits per heavy atom. The third kappa shape index (κ3) is 6.48. The van der Waals surface area contributed by atoms with E-state index in [1.165, 1.54) is 12.8 Å². The fourth-order valence-corrected chi connectivity index (χ4v) is 3.22. The van der Waals surface area contributed by atoms with Crippen molar-refractivity contribution in [3.8, 4) is 0 Å². The van der Waals surface area contributed by atoms with Crippen molar-refractivity contribution < 1.29 is 4.74 Å². The van der Waals surface area contributed by atoms with Gasteiger partial charge in [0.05, 0.1) is 6.10 Å². The van der Waals surface area contributed by atoms with E-state index in [0.717, 1.165) is 50.0 Å². The molecule has 1 atom stereocenters. The first-order chi connectivity index (χ1) is 12.6. The number of aromatic nitrogens is 1. The standard InChI is InChI=1S/C20H35N5O/c1-5-26-18(16(2)3)10-11-22-20(21-4)24-15-17-8-9-19(23-14-17)25-12-6-7-13-25/h8-9,14,16,18H,5-7,10-13,15H2,1-4H3,(H2,21,22,24). The largest absolute Gasteiger partial charge is 0.378 e. The second-order valence-corrected chi connectivity index (χ2v) is 7.10. The lowest BCUT2D eigenvalue weighted by Crippen LogP contribution is -2.39. The first-order valence-corrected chi connectivity index (χ1v) is 9.90. The molecule has 0 aromatic carbocycles. The monoisotopic (exact) mass is 361 g/mol. The molecular weight excluding hydrogens is 326 g/mol. The minimum absolute atomic E-state index is 0.285. The van der Waals surface area contributed by atoms with E-state index in [4.69, 9.17) is 4.74 Å². The third-order valence-corrected chi connectivity index (χ3v) is 4.77. The Balaban J connectivity index is 1.74. The van der Waals surface area contributed by atoms with E-state index in [0.29, 0.717) is 12.5 Å². The Morgan fingerprint density at radius 1 is 1.27 bits per heavy atom. The highest BCUT2D eigenvalue weighted by atomic mass is 16.5. The van der Waals surface area contributed by atoms with Gasteiger partial charge in [0, 0.05) is 46.0 Å². The van der Waals surface area contributed by atoms with Crippen molar-refractivity contribution in [1.82, 2.24) is 15.6 Å². The summed E-state index contributed by atoms with van der Waals surface area (Å²) >= 11 is 0. The molecule has 1 aliphatic rings. The number of rotatable bonds is 9. The van der Waals surface area contributed by atoms with Gasteiger partial charge < -0.3 is 20.3 Å². The lowest BCUT2D eigenvalue weighted by molar-refractivity contribution is 0.0258. The van der Waals surface area contributed by atoms with Gasteiger partial charge in [0.25, 0.3) is 0 Å². The number of hydrogen-bond donors (Lipinski definition) is 2. The van der Waals surface area contributed by atoms with Crippen molar-refractivity contribution in [1.29, 1.82) is 0 Å². The number of guanidine groups is 1. The molecule has 146 valence electrons. The minimum atomic E-state index is 0.285. The Labute approximate surface area is 158 Å². The van der Waals surface area contributed by atoms with Crippen LogP contribution in [0.3, 0.4) is 0 Å². The van der Waals surface area contributed by atoms with E-state index >= 15 is 0 Å². The number of hydrogen-bond acceptors (Lipinski definition) is 4. The van der Waals surface area contributed by atoms with Gasteiger partial charge in [0.2, 0.25) is 0 Å². The predicted molar refractivity (Wildman–Crippen MR) is 109 cm³/mol. The molecule has 1 aromatic rings. The first-order valence-electron chi connectivity index (χ1n) is 9.90. The molecule has 0 saturated carbocycles. The Kier molecular flexibility index (Phi) is 8.68. The summed E-state index contributed by atoms with van der Waals surface area (Å²) in [7, 11) is 1.80. The summed E-state index contributed by atoms with van der Waals surface area (Å²) in [5.41, 5.74) is 1.16. The van der Waals surface area contributed by atoms with Crippen LogP contribution >= 0.6 is 0 Å². The number of pyridine rings is 1. The molecule has 0 spiro atoms. The summed E-state index contributed by atoms with van der Waals surface area (Å²) in [6.07, 6.45) is 5.76. The number of nitrogens with one attached hydrogen (secondary N) is 2. The smallest absolute Gasteiger partial charge is 0.191 e. The van der Waals surface area contributed by atoms with Crippen LogP contribution in [0.5, 0.6) is 0 Å². The molecule has 1 fully saturated rings. The Bertz CT molecular complexity index is 538. The van der Waals surface area contributed by atoms with Crippen LogP contribution in [-0.2, 0) is 11.3 Å². The molecule has 2 N–H and O–H groups in total. The minimum Gasteiger partial charge on any atom is -0.378 e. The van der Waals surface area contributed by atoms with E-state index in [2.05, 4.69) is 51.5 Å². The molecule has 2 rings (SSSR count). The molecule has 1 unspecified atom stereocenters. The fraction of sp³-hybridized carbons (Fsp3) is 0.700. The maximum Gasteiger partial charge on any atom is 0.191 e. The van der Waals surface area contributed by atoms with Crippen LogP contribution in [0.4, 0.5) is 5.82 Å². The van der Waals surface area contributed by atoms with Crippen LogP contribution in [0.2, 0.25) is 0 Å². The molecular formula is C20H35N5O. The summed E-state index contributed by atoms with van der Waals surface area (Å²) in [4.78, 5) is 11.2. The molecule has 0 radical (unpaired) electrons. The van der Waals surface area contributed by atoms with Gasteiger partial charge in [-0.3, -0.25) is 4.99 Å². The molecule has 0 amide bonds. The molecule has 6 heteroatoms. The van der Waals surface area contributed by atoms with Crippen molar-refractivity contribution in [2.45, 2.75) is 52.7 Å². The highest BCUT2D eigenvalue weighted by Gasteiger charge is 2.14. The summed E-state index contributed by atoms with van der Waals surface area (Å²) in [5, 5.41) is 6.72. The van der Waals surface area contributed by atoms with E-state index in [9.17, 15) is 0 Å². The third-order valence-electron chi connectivity index (χ3n) is 4.77. The molecule has 1 aliphatic heterocycles. The number of ether oxygens (including phenoxy) is 1. The van der Waals surface area contributed by atoms with Crippen LogP contribution in [0.15, 0.2) is 23.3 Å². The predicted octanol–water partition coefficient (Wildman–Crippen LogP) is 2.80. The first kappa shape index (κ1) is 20.5. The number of aliphatic imine (C=N–C) groups is 1. The zero-order chi connectivity index (χ0) is 18.8. The molecule has 1 saturated heterocycles. The van der Waals surface area contributed by atoms with Crippen molar-refractivity contribution in [2.75, 3.05) is 38.2 Å². The molecule has 2 heterocycles. The summed E-state index contributed by atoms with van der Waals surface area (Å²) in [6.45, 7) is 11.0. The van der Waals surface area contributed by atoms with Gasteiger partial charge in [-0.2, -0.15) is 0 Å². The van der Waals surface area contributed by atoms with E-state index in [1.807, 2.05) is 13.1 Å². The van der Waals surface area contributed by atoms with Gasteiger partial charge in [-0.05, 0) is 43.7 Å². The lowest BCUT2D eigenvalue weighted by atomic mass is 10.0. The van der Waals surface area contributed by atoms with Gasteiger partial charge in [-0.15, -0.1) is 0 Å². The zero-order valence-corrected chi connectivity index (χ0v) is 16.8. The molecule has 6 nitrogen and oxygen atoms in total. The van der Waals surface area contributed by atoms with E-state index in [1.54, 1.807) is 7.05 Å². The molecule has 1 aromatic heterocycles. The highest BCUT2D eigenvalue weighted by molar-refractivity contribution is 5.79. The SMILES string of the molecule is CCOC(CCNC(=NC)NCc1ccc(N2CCCC2)nc1)C(C)C. The van der Waals surface area contributed by atoms with Crippen molar-refractivity contribution >= 4 is 11.8 Å². The fourth-order valence-electron chi connectivity index (χ4n) is 3.22. The van der Waals surface area contributed by atoms with E-state index in [-0.39, 0.29) is 6.10 Å². The average molecular weight is 362 g/mol.